The van der Waals surface area contributed by atoms with E-state index < -0.39 is 0 Å². The molecule has 0 amide bonds. The molecule has 14 heavy (non-hydrogen) atoms. The Morgan fingerprint density at radius 1 is 1.50 bits per heavy atom. The number of benzene rings is 1. The van der Waals surface area contributed by atoms with Crippen LogP contribution in [0.1, 0.15) is 0 Å². The van der Waals surface area contributed by atoms with Gasteiger partial charge in [0.15, 0.2) is 0 Å². The van der Waals surface area contributed by atoms with E-state index in [0.29, 0.717) is 16.6 Å². The minimum atomic E-state index is 0.499. The molecule has 1 nitrogen and oxygen atoms in total. The molecule has 0 spiro atoms. The van der Waals surface area contributed by atoms with Crippen molar-refractivity contribution in [2.24, 2.45) is 0 Å². The number of rotatable bonds is 3. The van der Waals surface area contributed by atoms with E-state index in [1.165, 1.54) is 5.54 Å². The van der Waals surface area contributed by atoms with Crippen molar-refractivity contribution in [1.29, 1.82) is 0 Å². The second-order valence-electron chi connectivity index (χ2n) is 2.54. The first kappa shape index (κ1) is 12.2. The molecule has 5 heteroatoms. The minimum absolute atomic E-state index is 0.499. The van der Waals surface area contributed by atoms with Crippen molar-refractivity contribution in [3.63, 3.8) is 0 Å². The third kappa shape index (κ3) is 3.70. The molecular weight excluding hydrogens is 308 g/mol. The Labute approximate surface area is 106 Å². The topological polar surface area (TPSA) is 12.0 Å². The average Bonchev–Trinajstić information content (AvgIpc) is 2.19. The molecule has 0 bridgehead atoms. The largest absolute Gasteiger partial charge is 0.380 e. The van der Waals surface area contributed by atoms with Gasteiger partial charge in [0.05, 0.1) is 11.6 Å². The summed E-state index contributed by atoms with van der Waals surface area (Å²) in [6.07, 6.45) is 0. The van der Waals surface area contributed by atoms with Crippen LogP contribution in [0.4, 0.5) is 5.69 Å². The maximum absolute atomic E-state index is 5.84. The fraction of sp³-hybridized carbons (Fsp3) is 0.111. The average molecular weight is 315 g/mol. The van der Waals surface area contributed by atoms with Gasteiger partial charge in [-0.25, -0.2) is 0 Å². The van der Waals surface area contributed by atoms with Crippen LogP contribution in [0.15, 0.2) is 33.2 Å². The highest BCUT2D eigenvalue weighted by Crippen LogP contribution is 2.25. The first-order chi connectivity index (χ1) is 6.63. The fourth-order valence-corrected chi connectivity index (χ4v) is 1.47. The first-order valence-corrected chi connectivity index (χ1v) is 5.75. The summed E-state index contributed by atoms with van der Waals surface area (Å²) in [6.45, 7) is 0.499. The summed E-state index contributed by atoms with van der Waals surface area (Å²) in [4.78, 5) is 0. The van der Waals surface area contributed by atoms with Gasteiger partial charge < -0.3 is 5.32 Å². The van der Waals surface area contributed by atoms with Crippen molar-refractivity contribution in [1.82, 2.24) is 0 Å². The number of nitrogens with one attached hydrogen (secondary N) is 1. The first-order valence-electron chi connectivity index (χ1n) is 3.77. The zero-order valence-electron chi connectivity index (χ0n) is 7.03. The SMILES string of the molecule is ClC=C(Cl)CNc1ccc(Cl)c(Br)c1. The minimum Gasteiger partial charge on any atom is -0.380 e. The summed E-state index contributed by atoms with van der Waals surface area (Å²) >= 11 is 20.3. The van der Waals surface area contributed by atoms with Crippen LogP contribution in [0.2, 0.25) is 5.02 Å². The second-order valence-corrected chi connectivity index (χ2v) is 4.50. The van der Waals surface area contributed by atoms with Crippen LogP contribution in [-0.2, 0) is 0 Å². The van der Waals surface area contributed by atoms with Gasteiger partial charge in [-0.05, 0) is 34.1 Å². The highest BCUT2D eigenvalue weighted by Gasteiger charge is 1.98. The van der Waals surface area contributed by atoms with Crippen LogP contribution in [-0.4, -0.2) is 6.54 Å². The lowest BCUT2D eigenvalue weighted by molar-refractivity contribution is 1.31. The van der Waals surface area contributed by atoms with Gasteiger partial charge >= 0.3 is 0 Å². The van der Waals surface area contributed by atoms with E-state index in [9.17, 15) is 0 Å². The molecule has 0 aliphatic rings. The molecule has 1 rings (SSSR count). The molecule has 0 atom stereocenters. The summed E-state index contributed by atoms with van der Waals surface area (Å²) in [6, 6.07) is 5.54. The lowest BCUT2D eigenvalue weighted by Crippen LogP contribution is -2.00. The summed E-state index contributed by atoms with van der Waals surface area (Å²) in [5.41, 5.74) is 2.26. The van der Waals surface area contributed by atoms with Crippen LogP contribution in [0.25, 0.3) is 0 Å². The molecule has 1 aromatic rings. The van der Waals surface area contributed by atoms with Crippen molar-refractivity contribution in [3.8, 4) is 0 Å². The quantitative estimate of drug-likeness (QED) is 0.842. The standard InChI is InChI=1S/C9H7BrCl3N/c10-8-3-7(1-2-9(8)13)14-5-6(12)4-11/h1-4,14H,5H2. The number of hydrogen-bond donors (Lipinski definition) is 1. The maximum atomic E-state index is 5.84. The third-order valence-electron chi connectivity index (χ3n) is 1.50. The fourth-order valence-electron chi connectivity index (χ4n) is 0.831. The van der Waals surface area contributed by atoms with Gasteiger partial charge in [0.2, 0.25) is 0 Å². The van der Waals surface area contributed by atoms with E-state index in [1.807, 2.05) is 12.1 Å². The van der Waals surface area contributed by atoms with Crippen molar-refractivity contribution in [3.05, 3.63) is 38.3 Å². The monoisotopic (exact) mass is 313 g/mol. The predicted molar refractivity (Wildman–Crippen MR) is 67.4 cm³/mol. The summed E-state index contributed by atoms with van der Waals surface area (Å²) in [7, 11) is 0. The van der Waals surface area contributed by atoms with Crippen LogP contribution in [0.5, 0.6) is 0 Å². The van der Waals surface area contributed by atoms with Crippen LogP contribution < -0.4 is 5.32 Å². The Kier molecular flexibility index (Phi) is 5.10. The molecule has 0 aliphatic carbocycles. The lowest BCUT2D eigenvalue weighted by atomic mass is 10.3. The zero-order chi connectivity index (χ0) is 10.6. The molecule has 0 unspecified atom stereocenters. The molecule has 0 radical (unpaired) electrons. The molecule has 0 saturated heterocycles. The lowest BCUT2D eigenvalue weighted by Gasteiger charge is -2.06. The smallest absolute Gasteiger partial charge is 0.0549 e. The van der Waals surface area contributed by atoms with Crippen molar-refractivity contribution in [2.45, 2.75) is 0 Å². The van der Waals surface area contributed by atoms with Crippen molar-refractivity contribution in [2.75, 3.05) is 11.9 Å². The molecule has 0 aromatic heterocycles. The van der Waals surface area contributed by atoms with Gasteiger partial charge in [-0.1, -0.05) is 34.8 Å². The highest BCUT2D eigenvalue weighted by molar-refractivity contribution is 9.10. The zero-order valence-corrected chi connectivity index (χ0v) is 10.9. The van der Waals surface area contributed by atoms with Crippen LogP contribution >= 0.6 is 50.7 Å². The summed E-state index contributed by atoms with van der Waals surface area (Å²) in [5.74, 6) is 0. The summed E-state index contributed by atoms with van der Waals surface area (Å²) in [5, 5.41) is 4.32. The third-order valence-corrected chi connectivity index (χ3v) is 3.33. The van der Waals surface area contributed by atoms with Crippen molar-refractivity contribution < 1.29 is 0 Å². The number of halogens is 4. The molecule has 0 aliphatic heterocycles. The Hall–Kier alpha value is 0.110. The van der Waals surface area contributed by atoms with Crippen LogP contribution in [0, 0.1) is 0 Å². The molecule has 1 N–H and O–H groups in total. The molecule has 0 fully saturated rings. The number of hydrogen-bond acceptors (Lipinski definition) is 1. The second kappa shape index (κ2) is 5.86. The Morgan fingerprint density at radius 2 is 2.21 bits per heavy atom. The molecule has 0 heterocycles. The number of anilines is 1. The van der Waals surface area contributed by atoms with Gasteiger partial charge in [-0.3, -0.25) is 0 Å². The van der Waals surface area contributed by atoms with Gasteiger partial charge in [-0.15, -0.1) is 0 Å². The highest BCUT2D eigenvalue weighted by atomic mass is 79.9. The van der Waals surface area contributed by atoms with Gasteiger partial charge in [0.25, 0.3) is 0 Å². The molecule has 1 aromatic carbocycles. The van der Waals surface area contributed by atoms with Crippen molar-refractivity contribution >= 4 is 56.4 Å². The molecular formula is C9H7BrCl3N. The van der Waals surface area contributed by atoms with Gasteiger partial charge in [0.1, 0.15) is 0 Å². The van der Waals surface area contributed by atoms with E-state index in [0.717, 1.165) is 10.2 Å². The Balaban J connectivity index is 2.64. The van der Waals surface area contributed by atoms with Crippen LogP contribution in [0.3, 0.4) is 0 Å². The molecule has 76 valence electrons. The normalized spacial score (nSPS) is 11.6. The maximum Gasteiger partial charge on any atom is 0.0549 e. The Bertz CT molecular complexity index is 352. The summed E-state index contributed by atoms with van der Waals surface area (Å²) < 4.78 is 0.843. The van der Waals surface area contributed by atoms with E-state index in [1.54, 1.807) is 6.07 Å². The van der Waals surface area contributed by atoms with Gasteiger partial charge in [0, 0.05) is 20.7 Å². The van der Waals surface area contributed by atoms with E-state index in [2.05, 4.69) is 21.2 Å². The van der Waals surface area contributed by atoms with E-state index in [-0.39, 0.29) is 0 Å². The van der Waals surface area contributed by atoms with E-state index >= 15 is 0 Å². The Morgan fingerprint density at radius 3 is 2.79 bits per heavy atom. The van der Waals surface area contributed by atoms with E-state index in [4.69, 9.17) is 34.8 Å². The molecule has 0 saturated carbocycles. The van der Waals surface area contributed by atoms with Gasteiger partial charge in [-0.2, -0.15) is 0 Å². The predicted octanol–water partition coefficient (Wildman–Crippen LogP) is 4.83.